The first-order valence-electron chi connectivity index (χ1n) is 12.4. The molecule has 1 aliphatic heterocycles. The second kappa shape index (κ2) is 8.69. The molecule has 1 heterocycles. The number of amides is 3. The van der Waals surface area contributed by atoms with Gasteiger partial charge >= 0.3 is 5.97 Å². The Balaban J connectivity index is 1.18. The van der Waals surface area contributed by atoms with Crippen molar-refractivity contribution in [2.75, 3.05) is 18.5 Å². The summed E-state index contributed by atoms with van der Waals surface area (Å²) in [6.45, 7) is 2.78. The van der Waals surface area contributed by atoms with Crippen molar-refractivity contribution >= 4 is 29.4 Å². The molecular formula is C30H26N2O5. The highest BCUT2D eigenvalue weighted by molar-refractivity contribution is 6.09. The van der Waals surface area contributed by atoms with E-state index in [1.165, 1.54) is 0 Å². The van der Waals surface area contributed by atoms with Crippen LogP contribution in [0.25, 0.3) is 0 Å². The monoisotopic (exact) mass is 494 g/mol. The Morgan fingerprint density at radius 1 is 0.811 bits per heavy atom. The minimum atomic E-state index is -0.793. The van der Waals surface area contributed by atoms with Crippen molar-refractivity contribution in [2.24, 2.45) is 11.8 Å². The van der Waals surface area contributed by atoms with Gasteiger partial charge in [0.15, 0.2) is 6.61 Å². The first-order chi connectivity index (χ1) is 17.8. The van der Waals surface area contributed by atoms with Crippen LogP contribution >= 0.6 is 0 Å². The zero-order valence-electron chi connectivity index (χ0n) is 20.6. The topological polar surface area (TPSA) is 92.8 Å². The molecule has 0 spiro atoms. The molecule has 0 unspecified atom stereocenters. The summed E-state index contributed by atoms with van der Waals surface area (Å²) in [5.74, 6) is -3.56. The maximum absolute atomic E-state index is 13.6. The largest absolute Gasteiger partial charge is 0.454 e. The third-order valence-corrected chi connectivity index (χ3v) is 7.86. The lowest BCUT2D eigenvalue weighted by Crippen LogP contribution is -2.41. The average Bonchev–Trinajstić information content (AvgIpc) is 3.15. The van der Waals surface area contributed by atoms with E-state index in [-0.39, 0.29) is 23.7 Å². The van der Waals surface area contributed by atoms with Gasteiger partial charge in [0, 0.05) is 17.5 Å². The quantitative estimate of drug-likeness (QED) is 0.432. The summed E-state index contributed by atoms with van der Waals surface area (Å²) in [4.78, 5) is 53.2. The van der Waals surface area contributed by atoms with Gasteiger partial charge < -0.3 is 10.1 Å². The number of ether oxygens (including phenoxy) is 1. The number of anilines is 1. The molecule has 3 aliphatic carbocycles. The van der Waals surface area contributed by atoms with Gasteiger partial charge in [0.05, 0.1) is 11.8 Å². The normalized spacial score (nSPS) is 22.8. The Morgan fingerprint density at radius 3 is 1.84 bits per heavy atom. The molecule has 0 saturated carbocycles. The maximum atomic E-state index is 13.6. The van der Waals surface area contributed by atoms with E-state index >= 15 is 0 Å². The molecule has 3 aromatic carbocycles. The summed E-state index contributed by atoms with van der Waals surface area (Å²) in [6.07, 6.45) is 0. The summed E-state index contributed by atoms with van der Waals surface area (Å²) in [6, 6.07) is 21.6. The van der Waals surface area contributed by atoms with Gasteiger partial charge in [-0.2, -0.15) is 0 Å². The molecule has 1 N–H and O–H groups in total. The zero-order valence-corrected chi connectivity index (χ0v) is 20.6. The van der Waals surface area contributed by atoms with Crippen LogP contribution in [-0.4, -0.2) is 41.7 Å². The van der Waals surface area contributed by atoms with Crippen molar-refractivity contribution in [3.63, 3.8) is 0 Å². The molecule has 0 aromatic heterocycles. The fourth-order valence-corrected chi connectivity index (χ4v) is 6.27. The third kappa shape index (κ3) is 3.65. The van der Waals surface area contributed by atoms with Gasteiger partial charge in [-0.15, -0.1) is 0 Å². The molecule has 0 radical (unpaired) electrons. The third-order valence-electron chi connectivity index (χ3n) is 7.86. The lowest BCUT2D eigenvalue weighted by atomic mass is 9.55. The Morgan fingerprint density at radius 2 is 1.32 bits per heavy atom. The number of carbonyl (C=O) groups excluding carboxylic acids is 4. The van der Waals surface area contributed by atoms with Crippen LogP contribution in [0.1, 0.15) is 45.2 Å². The van der Waals surface area contributed by atoms with Crippen molar-refractivity contribution in [2.45, 2.75) is 25.7 Å². The highest BCUT2D eigenvalue weighted by atomic mass is 16.5. The van der Waals surface area contributed by atoms with Crippen LogP contribution in [0.4, 0.5) is 5.69 Å². The predicted molar refractivity (Wildman–Crippen MR) is 136 cm³/mol. The first-order valence-corrected chi connectivity index (χ1v) is 12.4. The first kappa shape index (κ1) is 23.2. The van der Waals surface area contributed by atoms with Crippen LogP contribution in [0.2, 0.25) is 0 Å². The van der Waals surface area contributed by atoms with Crippen LogP contribution in [0.15, 0.2) is 66.7 Å². The molecule has 7 nitrogen and oxygen atoms in total. The van der Waals surface area contributed by atoms with E-state index < -0.39 is 36.9 Å². The molecule has 4 aliphatic rings. The van der Waals surface area contributed by atoms with Gasteiger partial charge in [-0.05, 0) is 53.3 Å². The molecule has 3 aromatic rings. The van der Waals surface area contributed by atoms with Crippen LogP contribution in [0.5, 0.6) is 0 Å². The molecular weight excluding hydrogens is 468 g/mol. The summed E-state index contributed by atoms with van der Waals surface area (Å²) >= 11 is 0. The lowest BCUT2D eigenvalue weighted by molar-refractivity contribution is -0.154. The van der Waals surface area contributed by atoms with E-state index in [1.807, 2.05) is 80.6 Å². The molecule has 186 valence electrons. The number of aryl methyl sites for hydroxylation is 2. The van der Waals surface area contributed by atoms with Crippen molar-refractivity contribution < 1.29 is 23.9 Å². The number of imide groups is 1. The molecule has 1 fully saturated rings. The molecule has 2 atom stereocenters. The summed E-state index contributed by atoms with van der Waals surface area (Å²) in [7, 11) is 0. The average molecular weight is 495 g/mol. The second-order valence-electron chi connectivity index (χ2n) is 10.1. The highest BCUT2D eigenvalue weighted by Gasteiger charge is 2.61. The smallest absolute Gasteiger partial charge is 0.326 e. The summed E-state index contributed by atoms with van der Waals surface area (Å²) < 4.78 is 5.15. The zero-order chi connectivity index (χ0) is 25.8. The fourth-order valence-electron chi connectivity index (χ4n) is 6.27. The van der Waals surface area contributed by atoms with Crippen LogP contribution in [0, 0.1) is 25.7 Å². The van der Waals surface area contributed by atoms with Gasteiger partial charge in [-0.1, -0.05) is 60.7 Å². The lowest BCUT2D eigenvalue weighted by Gasteiger charge is -2.45. The van der Waals surface area contributed by atoms with E-state index in [4.69, 9.17) is 4.74 Å². The number of hydrogen-bond donors (Lipinski definition) is 1. The Hall–Kier alpha value is -4.26. The fraction of sp³-hybridized carbons (Fsp3) is 0.267. The molecule has 37 heavy (non-hydrogen) atoms. The minimum Gasteiger partial charge on any atom is -0.454 e. The van der Waals surface area contributed by atoms with E-state index in [1.54, 1.807) is 0 Å². The molecule has 7 rings (SSSR count). The van der Waals surface area contributed by atoms with Crippen molar-refractivity contribution in [1.29, 1.82) is 0 Å². The van der Waals surface area contributed by atoms with Crippen molar-refractivity contribution in [3.05, 3.63) is 100 Å². The summed E-state index contributed by atoms with van der Waals surface area (Å²) in [5.41, 5.74) is 6.80. The van der Waals surface area contributed by atoms with Gasteiger partial charge in [-0.3, -0.25) is 24.1 Å². The van der Waals surface area contributed by atoms with Gasteiger partial charge in [0.1, 0.15) is 6.54 Å². The SMILES string of the molecule is Cc1ccc(C)c(NC(=O)COC(=O)CN2C(=O)[C@@H]3C4c5ccccc5C(c5ccccc54)[C@@H]3C2=O)c1. The minimum absolute atomic E-state index is 0.233. The number of esters is 1. The number of likely N-dealkylation sites (tertiary alicyclic amines) is 1. The highest BCUT2D eigenvalue weighted by Crippen LogP contribution is 2.60. The number of hydrogen-bond acceptors (Lipinski definition) is 5. The molecule has 1 saturated heterocycles. The van der Waals surface area contributed by atoms with Crippen LogP contribution < -0.4 is 5.32 Å². The number of nitrogens with zero attached hydrogens (tertiary/aromatic N) is 1. The van der Waals surface area contributed by atoms with Crippen molar-refractivity contribution in [3.8, 4) is 0 Å². The van der Waals surface area contributed by atoms with Gasteiger partial charge in [0.25, 0.3) is 5.91 Å². The number of nitrogens with one attached hydrogen (secondary N) is 1. The Labute approximate surface area is 214 Å². The Bertz CT molecular complexity index is 1360. The molecule has 7 heteroatoms. The second-order valence-corrected chi connectivity index (χ2v) is 10.1. The van der Waals surface area contributed by atoms with E-state index in [0.717, 1.165) is 38.3 Å². The predicted octanol–water partition coefficient (Wildman–Crippen LogP) is 3.68. The Kier molecular flexibility index (Phi) is 5.44. The number of benzene rings is 3. The summed E-state index contributed by atoms with van der Waals surface area (Å²) in [5, 5.41) is 2.73. The number of rotatable bonds is 5. The van der Waals surface area contributed by atoms with Gasteiger partial charge in [0.2, 0.25) is 11.8 Å². The van der Waals surface area contributed by atoms with E-state index in [2.05, 4.69) is 5.32 Å². The van der Waals surface area contributed by atoms with E-state index in [9.17, 15) is 19.2 Å². The van der Waals surface area contributed by atoms with E-state index in [0.29, 0.717) is 5.69 Å². The van der Waals surface area contributed by atoms with Crippen molar-refractivity contribution in [1.82, 2.24) is 4.90 Å². The van der Waals surface area contributed by atoms with Gasteiger partial charge in [-0.25, -0.2) is 0 Å². The van der Waals surface area contributed by atoms with Crippen LogP contribution in [-0.2, 0) is 23.9 Å². The molecule has 3 amide bonds. The molecule has 2 bridgehead atoms. The van der Waals surface area contributed by atoms with Crippen LogP contribution in [0.3, 0.4) is 0 Å². The number of carbonyl (C=O) groups is 4. The standard InChI is InChI=1S/C30H26N2O5/c1-16-11-12-17(2)22(13-16)31-23(33)15-37-24(34)14-32-29(35)27-25-18-7-3-4-8-19(18)26(28(27)30(32)36)21-10-6-5-9-20(21)25/h3-13,25-28H,14-15H2,1-2H3,(H,31,33)/t25?,26?,27-,28+. The maximum Gasteiger partial charge on any atom is 0.326 e.